The summed E-state index contributed by atoms with van der Waals surface area (Å²) in [7, 11) is 0. The van der Waals surface area contributed by atoms with Gasteiger partial charge in [0, 0.05) is 11.1 Å². The highest BCUT2D eigenvalue weighted by atomic mass is 32.2. The first-order chi connectivity index (χ1) is 13.4. The number of nitrogens with zero attached hydrogens (tertiary/aromatic N) is 2. The molecular formula is C21H22N4O2S. The molecule has 28 heavy (non-hydrogen) atoms. The van der Waals surface area contributed by atoms with Gasteiger partial charge in [0.2, 0.25) is 11.8 Å². The summed E-state index contributed by atoms with van der Waals surface area (Å²) in [4.78, 5) is 33.1. The van der Waals surface area contributed by atoms with Gasteiger partial charge in [-0.05, 0) is 44.0 Å². The molecule has 2 amide bonds. The number of hydrogen-bond acceptors (Lipinski definition) is 5. The molecule has 6 nitrogen and oxygen atoms in total. The van der Waals surface area contributed by atoms with Gasteiger partial charge in [-0.2, -0.15) is 0 Å². The van der Waals surface area contributed by atoms with Crippen molar-refractivity contribution in [2.45, 2.75) is 25.8 Å². The summed E-state index contributed by atoms with van der Waals surface area (Å²) >= 11 is 1.34. The van der Waals surface area contributed by atoms with Crippen molar-refractivity contribution in [2.75, 3.05) is 17.6 Å². The van der Waals surface area contributed by atoms with E-state index < -0.39 is 0 Å². The molecule has 1 heterocycles. The molecule has 0 saturated carbocycles. The van der Waals surface area contributed by atoms with Gasteiger partial charge in [-0.25, -0.2) is 9.97 Å². The molecule has 2 aromatic carbocycles. The molecule has 0 radical (unpaired) electrons. The van der Waals surface area contributed by atoms with Crippen LogP contribution in [0.2, 0.25) is 0 Å². The van der Waals surface area contributed by atoms with Crippen molar-refractivity contribution < 1.29 is 9.59 Å². The summed E-state index contributed by atoms with van der Waals surface area (Å²) in [6.45, 7) is 5.70. The third kappa shape index (κ3) is 4.86. The maximum absolute atomic E-state index is 12.2. The fraction of sp³-hybridized carbons (Fsp3) is 0.238. The molecule has 0 fully saturated rings. The van der Waals surface area contributed by atoms with Gasteiger partial charge in [-0.15, -0.1) is 0 Å². The van der Waals surface area contributed by atoms with Crippen LogP contribution in [0.4, 0.5) is 5.69 Å². The van der Waals surface area contributed by atoms with E-state index in [2.05, 4.69) is 20.6 Å². The van der Waals surface area contributed by atoms with Gasteiger partial charge in [0.25, 0.3) is 0 Å². The first-order valence-corrected chi connectivity index (χ1v) is 9.91. The van der Waals surface area contributed by atoms with Crippen LogP contribution in [0, 0.1) is 20.8 Å². The fourth-order valence-corrected chi connectivity index (χ4v) is 3.61. The highest BCUT2D eigenvalue weighted by Crippen LogP contribution is 2.24. The number of amides is 2. The molecule has 0 saturated heterocycles. The molecule has 0 aliphatic heterocycles. The topological polar surface area (TPSA) is 84.0 Å². The van der Waals surface area contributed by atoms with E-state index in [1.54, 1.807) is 0 Å². The monoisotopic (exact) mass is 394 g/mol. The summed E-state index contributed by atoms with van der Waals surface area (Å²) in [5, 5.41) is 7.16. The number of thioether (sulfide) groups is 1. The highest BCUT2D eigenvalue weighted by molar-refractivity contribution is 8.00. The minimum atomic E-state index is -0.254. The average molecular weight is 395 g/mol. The Morgan fingerprint density at radius 1 is 0.964 bits per heavy atom. The SMILES string of the molecule is Cc1nc(SCC(=O)NCC(=O)Nc2cccc(C)c2C)c2ccccc2n1. The van der Waals surface area contributed by atoms with Crippen LogP contribution in [0.5, 0.6) is 0 Å². The zero-order chi connectivity index (χ0) is 20.1. The molecule has 144 valence electrons. The Hall–Kier alpha value is -2.93. The van der Waals surface area contributed by atoms with Crippen molar-refractivity contribution >= 4 is 40.2 Å². The van der Waals surface area contributed by atoms with Crippen molar-refractivity contribution in [1.82, 2.24) is 15.3 Å². The van der Waals surface area contributed by atoms with Crippen LogP contribution in [-0.4, -0.2) is 34.1 Å². The quantitative estimate of drug-likeness (QED) is 0.494. The third-order valence-electron chi connectivity index (χ3n) is 4.34. The minimum absolute atomic E-state index is 0.0731. The minimum Gasteiger partial charge on any atom is -0.346 e. The summed E-state index contributed by atoms with van der Waals surface area (Å²) in [6, 6.07) is 13.4. The molecule has 3 rings (SSSR count). The summed E-state index contributed by atoms with van der Waals surface area (Å²) in [5.74, 6) is 0.364. The Labute approximate surface area is 168 Å². The molecule has 0 atom stereocenters. The molecule has 0 spiro atoms. The molecule has 3 aromatic rings. The van der Waals surface area contributed by atoms with Crippen molar-refractivity contribution in [2.24, 2.45) is 0 Å². The van der Waals surface area contributed by atoms with Crippen LogP contribution in [0.1, 0.15) is 17.0 Å². The number of para-hydroxylation sites is 1. The second kappa shape index (κ2) is 8.84. The first-order valence-electron chi connectivity index (χ1n) is 8.93. The van der Waals surface area contributed by atoms with Crippen LogP contribution in [0.15, 0.2) is 47.5 Å². The second-order valence-electron chi connectivity index (χ2n) is 6.45. The standard InChI is InChI=1S/C21H22N4O2S/c1-13-7-6-10-17(14(13)2)25-19(26)11-22-20(27)12-28-21-16-8-4-5-9-18(16)23-15(3)24-21/h4-10H,11-12H2,1-3H3,(H,22,27)(H,25,26). The van der Waals surface area contributed by atoms with Crippen molar-refractivity contribution in [3.05, 3.63) is 59.4 Å². The predicted octanol–water partition coefficient (Wildman–Crippen LogP) is 3.40. The molecule has 0 unspecified atom stereocenters. The van der Waals surface area contributed by atoms with E-state index in [0.717, 1.165) is 32.7 Å². The number of aryl methyl sites for hydroxylation is 2. The number of benzene rings is 2. The lowest BCUT2D eigenvalue weighted by Crippen LogP contribution is -2.34. The number of fused-ring (bicyclic) bond motifs is 1. The number of carbonyl (C=O) groups excluding carboxylic acids is 2. The Bertz CT molecular complexity index is 1040. The van der Waals surface area contributed by atoms with Gasteiger partial charge >= 0.3 is 0 Å². The Balaban J connectivity index is 1.54. The maximum Gasteiger partial charge on any atom is 0.243 e. The molecular weight excluding hydrogens is 372 g/mol. The number of carbonyl (C=O) groups is 2. The average Bonchev–Trinajstić information content (AvgIpc) is 2.68. The van der Waals surface area contributed by atoms with Crippen LogP contribution < -0.4 is 10.6 Å². The second-order valence-corrected chi connectivity index (χ2v) is 7.42. The molecule has 7 heteroatoms. The van der Waals surface area contributed by atoms with E-state index in [9.17, 15) is 9.59 Å². The number of rotatable bonds is 6. The highest BCUT2D eigenvalue weighted by Gasteiger charge is 2.11. The van der Waals surface area contributed by atoms with E-state index in [1.807, 2.05) is 63.2 Å². The Morgan fingerprint density at radius 2 is 1.75 bits per heavy atom. The van der Waals surface area contributed by atoms with Gasteiger partial charge in [-0.3, -0.25) is 9.59 Å². The molecule has 2 N–H and O–H groups in total. The van der Waals surface area contributed by atoms with Gasteiger partial charge in [-0.1, -0.05) is 42.1 Å². The third-order valence-corrected chi connectivity index (χ3v) is 5.34. The fourth-order valence-electron chi connectivity index (χ4n) is 2.71. The van der Waals surface area contributed by atoms with Crippen LogP contribution >= 0.6 is 11.8 Å². The number of anilines is 1. The van der Waals surface area contributed by atoms with Gasteiger partial charge < -0.3 is 10.6 Å². The lowest BCUT2D eigenvalue weighted by Gasteiger charge is -2.11. The maximum atomic E-state index is 12.2. The normalized spacial score (nSPS) is 10.7. The van der Waals surface area contributed by atoms with E-state index in [1.165, 1.54) is 11.8 Å². The molecule has 0 aliphatic rings. The first kappa shape index (κ1) is 19.8. The Morgan fingerprint density at radius 3 is 2.57 bits per heavy atom. The van der Waals surface area contributed by atoms with Crippen LogP contribution in [0.25, 0.3) is 10.9 Å². The van der Waals surface area contributed by atoms with Crippen LogP contribution in [-0.2, 0) is 9.59 Å². The largest absolute Gasteiger partial charge is 0.346 e. The van der Waals surface area contributed by atoms with Crippen molar-refractivity contribution in [3.63, 3.8) is 0 Å². The van der Waals surface area contributed by atoms with Crippen molar-refractivity contribution in [3.8, 4) is 0 Å². The van der Waals surface area contributed by atoms with Gasteiger partial charge in [0.15, 0.2) is 0 Å². The molecule has 0 aliphatic carbocycles. The van der Waals surface area contributed by atoms with Gasteiger partial charge in [0.05, 0.1) is 17.8 Å². The van der Waals surface area contributed by atoms with E-state index in [0.29, 0.717) is 5.82 Å². The van der Waals surface area contributed by atoms with E-state index >= 15 is 0 Å². The Kier molecular flexibility index (Phi) is 6.26. The summed E-state index contributed by atoms with van der Waals surface area (Å²) in [5.41, 5.74) is 3.73. The van der Waals surface area contributed by atoms with E-state index in [-0.39, 0.29) is 24.1 Å². The number of nitrogens with one attached hydrogen (secondary N) is 2. The molecule has 0 bridgehead atoms. The summed E-state index contributed by atoms with van der Waals surface area (Å²) < 4.78 is 0. The predicted molar refractivity (Wildman–Crippen MR) is 113 cm³/mol. The summed E-state index contributed by atoms with van der Waals surface area (Å²) in [6.07, 6.45) is 0. The molecule has 1 aromatic heterocycles. The zero-order valence-electron chi connectivity index (χ0n) is 16.1. The van der Waals surface area contributed by atoms with Gasteiger partial charge in [0.1, 0.15) is 10.9 Å². The lowest BCUT2D eigenvalue weighted by atomic mass is 10.1. The smallest absolute Gasteiger partial charge is 0.243 e. The zero-order valence-corrected chi connectivity index (χ0v) is 16.9. The van der Waals surface area contributed by atoms with E-state index in [4.69, 9.17) is 0 Å². The van der Waals surface area contributed by atoms with Crippen LogP contribution in [0.3, 0.4) is 0 Å². The number of aromatic nitrogens is 2. The lowest BCUT2D eigenvalue weighted by molar-refractivity contribution is -0.122. The number of hydrogen-bond donors (Lipinski definition) is 2. The van der Waals surface area contributed by atoms with Crippen molar-refractivity contribution in [1.29, 1.82) is 0 Å².